The first-order valence-corrected chi connectivity index (χ1v) is 6.26. The monoisotopic (exact) mass is 254 g/mol. The van der Waals surface area contributed by atoms with Crippen LogP contribution in [0.25, 0.3) is 0 Å². The number of rotatable bonds is 4. The Labute approximate surface area is 113 Å². The van der Waals surface area contributed by atoms with Crippen molar-refractivity contribution in [2.24, 2.45) is 5.73 Å². The van der Waals surface area contributed by atoms with Crippen molar-refractivity contribution in [2.45, 2.75) is 19.9 Å². The van der Waals surface area contributed by atoms with Gasteiger partial charge in [0.15, 0.2) is 0 Å². The molecule has 19 heavy (non-hydrogen) atoms. The molecule has 3 nitrogen and oxygen atoms in total. The fourth-order valence-corrected chi connectivity index (χ4v) is 2.03. The Morgan fingerprint density at radius 2 is 1.68 bits per heavy atom. The van der Waals surface area contributed by atoms with Crippen molar-refractivity contribution >= 4 is 11.6 Å². The topological polar surface area (TPSA) is 55.1 Å². The lowest BCUT2D eigenvalue weighted by Gasteiger charge is -2.19. The van der Waals surface area contributed by atoms with Crippen LogP contribution in [0.1, 0.15) is 22.7 Å². The molecule has 1 amide bonds. The van der Waals surface area contributed by atoms with Gasteiger partial charge >= 0.3 is 0 Å². The molecule has 2 aromatic carbocycles. The second-order valence-electron chi connectivity index (χ2n) is 4.70. The van der Waals surface area contributed by atoms with E-state index in [1.165, 1.54) is 5.56 Å². The molecule has 1 unspecified atom stereocenters. The van der Waals surface area contributed by atoms with E-state index in [0.29, 0.717) is 0 Å². The minimum atomic E-state index is -0.510. The number of anilines is 1. The first-order valence-electron chi connectivity index (χ1n) is 6.26. The van der Waals surface area contributed by atoms with Gasteiger partial charge in [-0.2, -0.15) is 0 Å². The van der Waals surface area contributed by atoms with Crippen LogP contribution in [-0.4, -0.2) is 5.91 Å². The number of benzene rings is 2. The number of hydrogen-bond donors (Lipinski definition) is 2. The standard InChI is InChI=1S/C16H18N2O/c1-11-7-9-13(10-8-11)18-15(16(17)19)14-6-4-3-5-12(14)2/h3-10,15,18H,1-2H3,(H2,17,19). The third-order valence-electron chi connectivity index (χ3n) is 3.15. The third kappa shape index (κ3) is 3.13. The van der Waals surface area contributed by atoms with Crippen LogP contribution in [-0.2, 0) is 4.79 Å². The van der Waals surface area contributed by atoms with Crippen LogP contribution in [0.4, 0.5) is 5.69 Å². The van der Waals surface area contributed by atoms with Crippen LogP contribution >= 0.6 is 0 Å². The summed E-state index contributed by atoms with van der Waals surface area (Å²) in [5.74, 6) is -0.380. The summed E-state index contributed by atoms with van der Waals surface area (Å²) in [6, 6.07) is 15.1. The molecule has 0 aromatic heterocycles. The van der Waals surface area contributed by atoms with Crippen LogP contribution in [0.2, 0.25) is 0 Å². The van der Waals surface area contributed by atoms with E-state index >= 15 is 0 Å². The molecule has 0 spiro atoms. The molecule has 98 valence electrons. The first kappa shape index (κ1) is 13.1. The fourth-order valence-electron chi connectivity index (χ4n) is 2.03. The molecule has 0 aliphatic rings. The summed E-state index contributed by atoms with van der Waals surface area (Å²) < 4.78 is 0. The van der Waals surface area contributed by atoms with Gasteiger partial charge in [-0.05, 0) is 37.1 Å². The van der Waals surface area contributed by atoms with Crippen molar-refractivity contribution in [2.75, 3.05) is 5.32 Å². The summed E-state index contributed by atoms with van der Waals surface area (Å²) in [6.07, 6.45) is 0. The van der Waals surface area contributed by atoms with E-state index in [4.69, 9.17) is 5.73 Å². The van der Waals surface area contributed by atoms with Crippen molar-refractivity contribution in [3.8, 4) is 0 Å². The van der Waals surface area contributed by atoms with Crippen LogP contribution in [0.5, 0.6) is 0 Å². The number of nitrogens with one attached hydrogen (secondary N) is 1. The maximum absolute atomic E-state index is 11.7. The van der Waals surface area contributed by atoms with E-state index in [-0.39, 0.29) is 5.91 Å². The highest BCUT2D eigenvalue weighted by molar-refractivity contribution is 5.84. The largest absolute Gasteiger partial charge is 0.370 e. The van der Waals surface area contributed by atoms with Gasteiger partial charge in [-0.3, -0.25) is 4.79 Å². The molecule has 0 aliphatic heterocycles. The number of carbonyl (C=O) groups excluding carboxylic acids is 1. The molecule has 0 saturated heterocycles. The fraction of sp³-hybridized carbons (Fsp3) is 0.188. The van der Waals surface area contributed by atoms with Gasteiger partial charge in [-0.1, -0.05) is 42.0 Å². The first-order chi connectivity index (χ1) is 9.08. The zero-order valence-electron chi connectivity index (χ0n) is 11.2. The molecule has 0 radical (unpaired) electrons. The predicted molar refractivity (Wildman–Crippen MR) is 77.9 cm³/mol. The Morgan fingerprint density at radius 1 is 1.05 bits per heavy atom. The maximum Gasteiger partial charge on any atom is 0.244 e. The molecule has 0 fully saturated rings. The summed E-state index contributed by atoms with van der Waals surface area (Å²) in [7, 11) is 0. The molecule has 1 atom stereocenters. The summed E-state index contributed by atoms with van der Waals surface area (Å²) in [5.41, 5.74) is 9.54. The Hall–Kier alpha value is -2.29. The molecular formula is C16H18N2O. The third-order valence-corrected chi connectivity index (χ3v) is 3.15. The average Bonchev–Trinajstić information content (AvgIpc) is 2.39. The quantitative estimate of drug-likeness (QED) is 0.881. The SMILES string of the molecule is Cc1ccc(NC(C(N)=O)c2ccccc2C)cc1. The highest BCUT2D eigenvalue weighted by Crippen LogP contribution is 2.22. The van der Waals surface area contributed by atoms with Crippen molar-refractivity contribution in [1.29, 1.82) is 0 Å². The van der Waals surface area contributed by atoms with Crippen LogP contribution < -0.4 is 11.1 Å². The number of primary amides is 1. The van der Waals surface area contributed by atoms with Crippen molar-refractivity contribution in [1.82, 2.24) is 0 Å². The highest BCUT2D eigenvalue weighted by Gasteiger charge is 2.18. The second-order valence-corrected chi connectivity index (χ2v) is 4.70. The molecule has 2 rings (SSSR count). The Bertz CT molecular complexity index is 576. The molecule has 2 aromatic rings. The minimum Gasteiger partial charge on any atom is -0.370 e. The molecule has 0 aliphatic carbocycles. The number of amides is 1. The van der Waals surface area contributed by atoms with Gasteiger partial charge in [-0.15, -0.1) is 0 Å². The molecule has 3 heteroatoms. The number of carbonyl (C=O) groups is 1. The van der Waals surface area contributed by atoms with E-state index < -0.39 is 6.04 Å². The van der Waals surface area contributed by atoms with Gasteiger partial charge in [-0.25, -0.2) is 0 Å². The average molecular weight is 254 g/mol. The number of aryl methyl sites for hydroxylation is 2. The van der Waals surface area contributed by atoms with E-state index in [9.17, 15) is 4.79 Å². The van der Waals surface area contributed by atoms with Gasteiger partial charge in [0.2, 0.25) is 5.91 Å². The molecule has 0 heterocycles. The zero-order chi connectivity index (χ0) is 13.8. The lowest BCUT2D eigenvalue weighted by Crippen LogP contribution is -2.28. The van der Waals surface area contributed by atoms with Crippen molar-refractivity contribution in [3.63, 3.8) is 0 Å². The van der Waals surface area contributed by atoms with E-state index in [1.54, 1.807) is 0 Å². The Morgan fingerprint density at radius 3 is 2.26 bits per heavy atom. The summed E-state index contributed by atoms with van der Waals surface area (Å²) in [5, 5.41) is 3.19. The zero-order valence-corrected chi connectivity index (χ0v) is 11.2. The molecule has 0 bridgehead atoms. The van der Waals surface area contributed by atoms with Gasteiger partial charge in [0, 0.05) is 5.69 Å². The Balaban J connectivity index is 2.29. The van der Waals surface area contributed by atoms with Crippen LogP contribution in [0.3, 0.4) is 0 Å². The smallest absolute Gasteiger partial charge is 0.244 e. The number of hydrogen-bond acceptors (Lipinski definition) is 2. The second kappa shape index (κ2) is 5.57. The highest BCUT2D eigenvalue weighted by atomic mass is 16.1. The molecular weight excluding hydrogens is 236 g/mol. The molecule has 3 N–H and O–H groups in total. The van der Waals surface area contributed by atoms with Crippen LogP contribution in [0.15, 0.2) is 48.5 Å². The van der Waals surface area contributed by atoms with Crippen molar-refractivity contribution < 1.29 is 4.79 Å². The van der Waals surface area contributed by atoms with Gasteiger partial charge in [0.25, 0.3) is 0 Å². The van der Waals surface area contributed by atoms with E-state index in [1.807, 2.05) is 62.4 Å². The minimum absolute atomic E-state index is 0.380. The normalized spacial score (nSPS) is 11.9. The number of nitrogens with two attached hydrogens (primary N) is 1. The lowest BCUT2D eigenvalue weighted by molar-refractivity contribution is -0.118. The Kier molecular flexibility index (Phi) is 3.85. The lowest BCUT2D eigenvalue weighted by atomic mass is 10.0. The summed E-state index contributed by atoms with van der Waals surface area (Å²) in [6.45, 7) is 4.00. The summed E-state index contributed by atoms with van der Waals surface area (Å²) in [4.78, 5) is 11.7. The maximum atomic E-state index is 11.7. The van der Waals surface area contributed by atoms with Gasteiger partial charge < -0.3 is 11.1 Å². The predicted octanol–water partition coefficient (Wildman–Crippen LogP) is 2.94. The molecule has 0 saturated carbocycles. The summed E-state index contributed by atoms with van der Waals surface area (Å²) >= 11 is 0. The van der Waals surface area contributed by atoms with Crippen LogP contribution in [0, 0.1) is 13.8 Å². The van der Waals surface area contributed by atoms with Gasteiger partial charge in [0.05, 0.1) is 0 Å². The van der Waals surface area contributed by atoms with Crippen molar-refractivity contribution in [3.05, 3.63) is 65.2 Å². The van der Waals surface area contributed by atoms with E-state index in [2.05, 4.69) is 5.32 Å². The van der Waals surface area contributed by atoms with Gasteiger partial charge in [0.1, 0.15) is 6.04 Å². The van der Waals surface area contributed by atoms with E-state index in [0.717, 1.165) is 16.8 Å².